The Labute approximate surface area is 538 Å². The van der Waals surface area contributed by atoms with Crippen LogP contribution in [0.3, 0.4) is 0 Å². The average molecular weight is 1360 g/mol. The second kappa shape index (κ2) is 44.5. The van der Waals surface area contributed by atoms with Gasteiger partial charge >= 0.3 is 29.8 Å². The van der Waals surface area contributed by atoms with Crippen LogP contribution in [0.25, 0.3) is 0 Å². The highest BCUT2D eigenvalue weighted by Gasteiger charge is 2.37. The van der Waals surface area contributed by atoms with Gasteiger partial charge in [0.15, 0.2) is 23.8 Å². The second-order valence-corrected chi connectivity index (χ2v) is 20.4. The van der Waals surface area contributed by atoms with E-state index in [0.29, 0.717) is 0 Å². The van der Waals surface area contributed by atoms with E-state index in [1.54, 1.807) is 0 Å². The molecule has 10 amide bonds. The molecule has 0 aromatic carbocycles. The molecule has 0 aliphatic rings. The van der Waals surface area contributed by atoms with Crippen molar-refractivity contribution in [2.75, 3.05) is 46.0 Å². The molecule has 534 valence electrons. The van der Waals surface area contributed by atoms with Crippen LogP contribution >= 0.6 is 0 Å². The first-order valence-corrected chi connectivity index (χ1v) is 28.5. The Morgan fingerprint density at radius 2 is 0.474 bits per heavy atom. The van der Waals surface area contributed by atoms with Gasteiger partial charge in [0.2, 0.25) is 59.1 Å². The number of carboxylic acid groups (broad SMARTS) is 5. The van der Waals surface area contributed by atoms with Crippen molar-refractivity contribution in [1.29, 1.82) is 21.6 Å². The maximum atomic E-state index is 14.0. The summed E-state index contributed by atoms with van der Waals surface area (Å²) in [4.78, 5) is 195. The molecular weight excluding hydrogens is 1280 g/mol. The summed E-state index contributed by atoms with van der Waals surface area (Å²) < 4.78 is 0. The van der Waals surface area contributed by atoms with Gasteiger partial charge in [-0.25, -0.2) is 4.79 Å². The van der Waals surface area contributed by atoms with E-state index in [4.69, 9.17) is 55.4 Å². The van der Waals surface area contributed by atoms with E-state index in [2.05, 4.69) is 53.2 Å². The van der Waals surface area contributed by atoms with Crippen molar-refractivity contribution >= 4 is 113 Å². The Morgan fingerprint density at radius 1 is 0.284 bits per heavy atom. The number of aliphatic carboxylic acids is 5. The molecule has 95 heavy (non-hydrogen) atoms. The van der Waals surface area contributed by atoms with E-state index < -0.39 is 244 Å². The van der Waals surface area contributed by atoms with Crippen molar-refractivity contribution in [2.24, 2.45) is 28.7 Å². The molecule has 0 rings (SSSR count). The van der Waals surface area contributed by atoms with Crippen LogP contribution in [-0.2, 0) is 71.9 Å². The lowest BCUT2D eigenvalue weighted by atomic mass is 10.1. The van der Waals surface area contributed by atoms with Crippen molar-refractivity contribution in [2.45, 2.75) is 144 Å². The molecule has 0 saturated heterocycles. The molecule has 0 bridgehead atoms. The van der Waals surface area contributed by atoms with Crippen molar-refractivity contribution in [3.63, 3.8) is 0 Å². The Bertz CT molecular complexity index is 2760. The summed E-state index contributed by atoms with van der Waals surface area (Å²) in [6, 6.07) is -21.5. The normalized spacial score (nSPS) is 14.1. The molecule has 0 fully saturated rings. The van der Waals surface area contributed by atoms with Gasteiger partial charge in [0.25, 0.3) is 0 Å². The van der Waals surface area contributed by atoms with E-state index in [-0.39, 0.29) is 58.3 Å². The van der Waals surface area contributed by atoms with Crippen LogP contribution in [-0.4, -0.2) is 266 Å². The summed E-state index contributed by atoms with van der Waals surface area (Å²) in [5, 5.41) is 138. The highest BCUT2D eigenvalue weighted by molar-refractivity contribution is 6.00. The number of hydrogen-bond acceptors (Lipinski definition) is 23. The molecule has 0 aromatic rings. The fourth-order valence-electron chi connectivity index (χ4n) is 7.93. The van der Waals surface area contributed by atoms with Crippen LogP contribution in [0.1, 0.15) is 77.0 Å². The number of carbonyl (C=O) groups excluding carboxylic acids is 10. The average Bonchev–Trinajstić information content (AvgIpc) is 0.926. The first-order valence-electron chi connectivity index (χ1n) is 28.5. The first kappa shape index (κ1) is 84.0. The minimum Gasteiger partial charge on any atom is -0.481 e. The number of rotatable bonds is 48. The summed E-state index contributed by atoms with van der Waals surface area (Å²) in [7, 11) is 0. The summed E-state index contributed by atoms with van der Waals surface area (Å²) in [6.07, 6.45) is -6.65. The predicted octanol–water partition coefficient (Wildman–Crippen LogP) is -13.8. The van der Waals surface area contributed by atoms with E-state index in [9.17, 15) is 108 Å². The minimum atomic E-state index is -2.23. The maximum Gasteiger partial charge on any atom is 0.326 e. The van der Waals surface area contributed by atoms with Gasteiger partial charge in [-0.1, -0.05) is 0 Å². The minimum absolute atomic E-state index is 0.00628. The molecule has 0 spiro atoms. The number of guanidine groups is 4. The van der Waals surface area contributed by atoms with Crippen LogP contribution in [0.5, 0.6) is 0 Å². The Balaban J connectivity index is 6.93. The smallest absolute Gasteiger partial charge is 0.326 e. The number of carbonyl (C=O) groups is 15. The second-order valence-electron chi connectivity index (χ2n) is 20.4. The van der Waals surface area contributed by atoms with Crippen LogP contribution in [0, 0.1) is 21.6 Å². The van der Waals surface area contributed by atoms with Crippen LogP contribution in [0.4, 0.5) is 0 Å². The van der Waals surface area contributed by atoms with E-state index in [0.717, 1.165) is 0 Å². The molecule has 0 radical (unpaired) electrons. The quantitative estimate of drug-likeness (QED) is 0.0153. The molecular formula is C49H85N23O23. The van der Waals surface area contributed by atoms with Crippen LogP contribution in [0.15, 0.2) is 0 Å². The van der Waals surface area contributed by atoms with Gasteiger partial charge in [0.1, 0.15) is 60.4 Å². The number of nitrogens with one attached hydrogen (secondary N) is 18. The third kappa shape index (κ3) is 36.0. The van der Waals surface area contributed by atoms with Gasteiger partial charge in [-0.2, -0.15) is 0 Å². The fraction of sp³-hybridized carbons (Fsp3) is 0.612. The van der Waals surface area contributed by atoms with Gasteiger partial charge in [-0.15, -0.1) is 0 Å². The number of aliphatic hydroxyl groups excluding tert-OH is 3. The molecule has 0 unspecified atom stereocenters. The lowest BCUT2D eigenvalue weighted by molar-refractivity contribution is -0.144. The van der Waals surface area contributed by atoms with Gasteiger partial charge in [-0.3, -0.25) is 88.8 Å². The molecule has 46 nitrogen and oxygen atoms in total. The standard InChI is InChI=1S/C49H85N23O23/c50-20(13-31(76)77)35(84)70-28(17-73)42(91)63-21(5-1-9-59-46(51)52)37(86)68-26(15-33(80)81)40(89)72-30(19-75)44(93)65-23(7-3-11-61-48(55)56)38(87)69-27(16-34(82)83)41(90)71-29(18-74)43(92)64-22(6-2-10-60-47(53)54)36(85)67-25(14-32(78)79)39(88)66-24(45(94)95)8-4-12-62-49(57)58/h20-30,73-75H,1-19,50H2,(H,63,91)(H,64,92)(H,65,93)(H,66,88)(H,67,85)(H,68,86)(H,69,87)(H,70,84)(H,71,90)(H,72,89)(H,76,77)(H,78,79)(H,80,81)(H,82,83)(H,94,95)(H4,51,52,59)(H4,53,54,60)(H4,55,56,61)(H4,57,58,62)/t20-,21-,22-,23-,24-,25-,26-,27-,28-,29-,30-/m0/s1. The molecule has 0 saturated carbocycles. The molecule has 11 atom stereocenters. The van der Waals surface area contributed by atoms with E-state index >= 15 is 0 Å². The first-order chi connectivity index (χ1) is 44.5. The Hall–Kier alpha value is -11.0. The fourth-order valence-corrected chi connectivity index (χ4v) is 7.93. The van der Waals surface area contributed by atoms with Gasteiger partial charge in [0.05, 0.1) is 51.5 Å². The van der Waals surface area contributed by atoms with Gasteiger partial charge in [0, 0.05) is 26.2 Å². The monoisotopic (exact) mass is 1360 g/mol. The van der Waals surface area contributed by atoms with E-state index in [1.165, 1.54) is 0 Å². The lowest BCUT2D eigenvalue weighted by Crippen LogP contribution is -2.62. The Morgan fingerprint density at radius 3 is 0.695 bits per heavy atom. The number of hydrogen-bond donors (Lipinski definition) is 31. The topological polar surface area (TPSA) is 812 Å². The van der Waals surface area contributed by atoms with Crippen molar-refractivity contribution in [3.8, 4) is 0 Å². The Kier molecular flexibility index (Phi) is 39.3. The zero-order valence-electron chi connectivity index (χ0n) is 50.9. The van der Waals surface area contributed by atoms with E-state index in [1.807, 2.05) is 21.3 Å². The highest BCUT2D eigenvalue weighted by atomic mass is 16.4. The van der Waals surface area contributed by atoms with Gasteiger partial charge in [-0.05, 0) is 51.4 Å². The third-order valence-electron chi connectivity index (χ3n) is 12.7. The van der Waals surface area contributed by atoms with Crippen molar-refractivity contribution in [1.82, 2.24) is 74.4 Å². The summed E-state index contributed by atoms with van der Waals surface area (Å²) in [5.74, 6) is -24.1. The number of nitrogens with two attached hydrogens (primary N) is 5. The molecule has 0 aliphatic heterocycles. The third-order valence-corrected chi connectivity index (χ3v) is 12.7. The SMILES string of the molecule is N=C(N)NCCC[C@H](NC(=O)[C@H](CC(=O)O)NC(=O)[C@H](CCCNC(=N)N)NC(=O)[C@H](CO)NC(=O)[C@H](CC(=O)O)NC(=O)[C@H](CCCNC(=N)N)NC(=O)[C@H](CO)NC(=O)[C@H](CC(=O)O)NC(=O)[C@H](CCCNC(=N)N)NC(=O)[C@H](CO)NC(=O)[C@@H](N)CC(=O)O)C(=O)O. The molecule has 36 N–H and O–H groups in total. The maximum absolute atomic E-state index is 14.0. The molecule has 0 heterocycles. The number of aliphatic hydroxyl groups is 3. The predicted molar refractivity (Wildman–Crippen MR) is 322 cm³/mol. The molecule has 46 heteroatoms. The summed E-state index contributed by atoms with van der Waals surface area (Å²) >= 11 is 0. The van der Waals surface area contributed by atoms with Gasteiger partial charge < -0.3 is 144 Å². The zero-order chi connectivity index (χ0) is 72.7. The van der Waals surface area contributed by atoms with Crippen LogP contribution in [0.2, 0.25) is 0 Å². The highest BCUT2D eigenvalue weighted by Crippen LogP contribution is 2.08. The lowest BCUT2D eigenvalue weighted by Gasteiger charge is -2.27. The van der Waals surface area contributed by atoms with Crippen LogP contribution < -0.4 is 103 Å². The number of amides is 10. The molecule has 0 aliphatic carbocycles. The summed E-state index contributed by atoms with van der Waals surface area (Å²) in [5.41, 5.74) is 26.7. The van der Waals surface area contributed by atoms with Crippen molar-refractivity contribution < 1.29 is 113 Å². The molecule has 0 aromatic heterocycles. The largest absolute Gasteiger partial charge is 0.481 e. The van der Waals surface area contributed by atoms with Crippen molar-refractivity contribution in [3.05, 3.63) is 0 Å². The zero-order valence-corrected chi connectivity index (χ0v) is 50.9. The summed E-state index contributed by atoms with van der Waals surface area (Å²) in [6.45, 7) is -4.30. The number of carboxylic acids is 5.